The molecule has 1 aliphatic heterocycles. The van der Waals surface area contributed by atoms with Crippen molar-refractivity contribution < 1.29 is 9.59 Å². The summed E-state index contributed by atoms with van der Waals surface area (Å²) in [7, 11) is 0. The van der Waals surface area contributed by atoms with Gasteiger partial charge >= 0.3 is 0 Å². The van der Waals surface area contributed by atoms with Gasteiger partial charge in [-0.3, -0.25) is 9.59 Å². The van der Waals surface area contributed by atoms with Crippen LogP contribution >= 0.6 is 0 Å². The summed E-state index contributed by atoms with van der Waals surface area (Å²) in [5, 5.41) is 5.81. The van der Waals surface area contributed by atoms with Crippen LogP contribution in [0.15, 0.2) is 18.3 Å². The summed E-state index contributed by atoms with van der Waals surface area (Å²) >= 11 is 0. The molecule has 1 aromatic heterocycles. The van der Waals surface area contributed by atoms with Crippen LogP contribution in [0.4, 0.5) is 11.5 Å². The summed E-state index contributed by atoms with van der Waals surface area (Å²) in [6.45, 7) is 1.74. The van der Waals surface area contributed by atoms with Crippen LogP contribution in [0.25, 0.3) is 0 Å². The molecule has 4 rings (SSSR count). The lowest BCUT2D eigenvalue weighted by Gasteiger charge is -2.27. The van der Waals surface area contributed by atoms with Gasteiger partial charge in [0.1, 0.15) is 5.82 Å². The summed E-state index contributed by atoms with van der Waals surface area (Å²) in [4.78, 5) is 30.2. The molecule has 122 valence electrons. The second-order valence-corrected chi connectivity index (χ2v) is 6.95. The predicted molar refractivity (Wildman–Crippen MR) is 87.0 cm³/mol. The van der Waals surface area contributed by atoms with E-state index in [4.69, 9.17) is 0 Å². The SMILES string of the molecule is O=C1CN(c2ccc(NC(=O)[C@H]3C[C@H]4CC[C@H]3C4)cn2)CCN1. The number of aromatic nitrogens is 1. The van der Waals surface area contributed by atoms with Gasteiger partial charge in [0.05, 0.1) is 18.4 Å². The molecule has 2 heterocycles. The van der Waals surface area contributed by atoms with Gasteiger partial charge < -0.3 is 15.5 Å². The number of nitrogens with one attached hydrogen (secondary N) is 2. The minimum Gasteiger partial charge on any atom is -0.353 e. The van der Waals surface area contributed by atoms with Crippen LogP contribution in [0.2, 0.25) is 0 Å². The highest BCUT2D eigenvalue weighted by atomic mass is 16.2. The Balaban J connectivity index is 1.38. The number of carbonyl (C=O) groups excluding carboxylic acids is 2. The van der Waals surface area contributed by atoms with Crippen molar-refractivity contribution in [2.75, 3.05) is 29.9 Å². The molecule has 6 heteroatoms. The Morgan fingerprint density at radius 3 is 2.87 bits per heavy atom. The third-order valence-electron chi connectivity index (χ3n) is 5.45. The molecule has 2 aliphatic carbocycles. The number of hydrogen-bond acceptors (Lipinski definition) is 4. The van der Waals surface area contributed by atoms with E-state index in [2.05, 4.69) is 15.6 Å². The molecule has 0 aromatic carbocycles. The summed E-state index contributed by atoms with van der Waals surface area (Å²) < 4.78 is 0. The van der Waals surface area contributed by atoms with Crippen LogP contribution in [-0.4, -0.2) is 36.4 Å². The molecule has 3 fully saturated rings. The summed E-state index contributed by atoms with van der Waals surface area (Å²) in [5.41, 5.74) is 0.739. The van der Waals surface area contributed by atoms with E-state index in [1.807, 2.05) is 17.0 Å². The van der Waals surface area contributed by atoms with Crippen molar-refractivity contribution in [3.8, 4) is 0 Å². The molecule has 1 aromatic rings. The van der Waals surface area contributed by atoms with Crippen molar-refractivity contribution in [2.24, 2.45) is 17.8 Å². The van der Waals surface area contributed by atoms with Crippen molar-refractivity contribution in [1.82, 2.24) is 10.3 Å². The van der Waals surface area contributed by atoms with Crippen molar-refractivity contribution in [3.05, 3.63) is 18.3 Å². The number of piperazine rings is 1. The van der Waals surface area contributed by atoms with Crippen molar-refractivity contribution in [3.63, 3.8) is 0 Å². The Hall–Kier alpha value is -2.11. The highest BCUT2D eigenvalue weighted by molar-refractivity contribution is 5.93. The van der Waals surface area contributed by atoms with Crippen LogP contribution in [0, 0.1) is 17.8 Å². The Labute approximate surface area is 135 Å². The quantitative estimate of drug-likeness (QED) is 0.884. The van der Waals surface area contributed by atoms with E-state index in [1.54, 1.807) is 6.20 Å². The number of nitrogens with zero attached hydrogens (tertiary/aromatic N) is 2. The van der Waals surface area contributed by atoms with E-state index in [0.717, 1.165) is 30.4 Å². The molecule has 0 unspecified atom stereocenters. The van der Waals surface area contributed by atoms with Gasteiger partial charge in [-0.25, -0.2) is 4.98 Å². The molecule has 2 N–H and O–H groups in total. The van der Waals surface area contributed by atoms with Crippen LogP contribution in [0.1, 0.15) is 25.7 Å². The second kappa shape index (κ2) is 5.83. The minimum atomic E-state index is 0.0201. The average Bonchev–Trinajstić information content (AvgIpc) is 3.19. The van der Waals surface area contributed by atoms with Crippen LogP contribution < -0.4 is 15.5 Å². The van der Waals surface area contributed by atoms with Gasteiger partial charge in [-0.15, -0.1) is 0 Å². The average molecular weight is 314 g/mol. The van der Waals surface area contributed by atoms with Gasteiger partial charge in [-0.2, -0.15) is 0 Å². The Kier molecular flexibility index (Phi) is 3.67. The first-order chi connectivity index (χ1) is 11.2. The lowest BCUT2D eigenvalue weighted by atomic mass is 9.88. The first-order valence-corrected chi connectivity index (χ1v) is 8.47. The molecule has 23 heavy (non-hydrogen) atoms. The van der Waals surface area contributed by atoms with Gasteiger partial charge in [-0.05, 0) is 43.2 Å². The van der Waals surface area contributed by atoms with E-state index in [1.165, 1.54) is 19.3 Å². The van der Waals surface area contributed by atoms with Crippen LogP contribution in [0.5, 0.6) is 0 Å². The molecule has 0 spiro atoms. The number of anilines is 2. The first-order valence-electron chi connectivity index (χ1n) is 8.47. The Bertz CT molecular complexity index is 616. The fourth-order valence-corrected chi connectivity index (χ4v) is 4.28. The zero-order chi connectivity index (χ0) is 15.8. The number of carbonyl (C=O) groups is 2. The lowest BCUT2D eigenvalue weighted by molar-refractivity contribution is -0.121. The summed E-state index contributed by atoms with van der Waals surface area (Å²) in [6, 6.07) is 3.75. The third kappa shape index (κ3) is 2.90. The fourth-order valence-electron chi connectivity index (χ4n) is 4.28. The standard InChI is InChI=1S/C17H22N4O2/c22-16-10-21(6-5-18-16)15-4-3-13(9-19-15)20-17(23)14-8-11-1-2-12(14)7-11/h3-4,9,11-12,14H,1-2,5-8,10H2,(H,18,22)(H,20,23)/t11-,12-,14-/m0/s1. The summed E-state index contributed by atoms with van der Waals surface area (Å²) in [6.07, 6.45) is 6.47. The van der Waals surface area contributed by atoms with Crippen molar-refractivity contribution >= 4 is 23.3 Å². The van der Waals surface area contributed by atoms with E-state index in [-0.39, 0.29) is 17.7 Å². The number of pyridine rings is 1. The van der Waals surface area contributed by atoms with E-state index in [9.17, 15) is 9.59 Å². The smallest absolute Gasteiger partial charge is 0.239 e. The first kappa shape index (κ1) is 14.5. The van der Waals surface area contributed by atoms with Gasteiger partial charge in [0.2, 0.25) is 11.8 Å². The third-order valence-corrected chi connectivity index (χ3v) is 5.45. The maximum absolute atomic E-state index is 12.4. The zero-order valence-electron chi connectivity index (χ0n) is 13.1. The summed E-state index contributed by atoms with van der Waals surface area (Å²) in [5.74, 6) is 2.47. The second-order valence-electron chi connectivity index (χ2n) is 6.95. The van der Waals surface area contributed by atoms with E-state index in [0.29, 0.717) is 19.0 Å². The molecule has 0 radical (unpaired) electrons. The topological polar surface area (TPSA) is 74.3 Å². The molecule has 2 amide bonds. The normalized spacial score (nSPS) is 29.5. The molecule has 2 bridgehead atoms. The van der Waals surface area contributed by atoms with E-state index >= 15 is 0 Å². The molecule has 3 aliphatic rings. The number of amides is 2. The Morgan fingerprint density at radius 1 is 1.30 bits per heavy atom. The van der Waals surface area contributed by atoms with Gasteiger partial charge in [0, 0.05) is 19.0 Å². The van der Waals surface area contributed by atoms with Crippen molar-refractivity contribution in [1.29, 1.82) is 0 Å². The molecule has 1 saturated heterocycles. The monoisotopic (exact) mass is 314 g/mol. The van der Waals surface area contributed by atoms with Gasteiger partial charge in [0.25, 0.3) is 0 Å². The van der Waals surface area contributed by atoms with Crippen LogP contribution in [-0.2, 0) is 9.59 Å². The Morgan fingerprint density at radius 2 is 2.22 bits per heavy atom. The van der Waals surface area contributed by atoms with Crippen molar-refractivity contribution in [2.45, 2.75) is 25.7 Å². The highest BCUT2D eigenvalue weighted by Crippen LogP contribution is 2.48. The highest BCUT2D eigenvalue weighted by Gasteiger charge is 2.43. The number of hydrogen-bond donors (Lipinski definition) is 2. The molecule has 3 atom stereocenters. The van der Waals surface area contributed by atoms with Gasteiger partial charge in [0.15, 0.2) is 0 Å². The fraction of sp³-hybridized carbons (Fsp3) is 0.588. The minimum absolute atomic E-state index is 0.0201. The predicted octanol–water partition coefficient (Wildman–Crippen LogP) is 1.39. The number of fused-ring (bicyclic) bond motifs is 2. The number of rotatable bonds is 3. The lowest BCUT2D eigenvalue weighted by Crippen LogP contribution is -2.48. The van der Waals surface area contributed by atoms with Gasteiger partial charge in [-0.1, -0.05) is 6.42 Å². The maximum atomic E-state index is 12.4. The molecular weight excluding hydrogens is 292 g/mol. The molecule has 6 nitrogen and oxygen atoms in total. The maximum Gasteiger partial charge on any atom is 0.239 e. The molecular formula is C17H22N4O2. The zero-order valence-corrected chi connectivity index (χ0v) is 13.1. The molecule has 2 saturated carbocycles. The van der Waals surface area contributed by atoms with E-state index < -0.39 is 0 Å². The van der Waals surface area contributed by atoms with Crippen LogP contribution in [0.3, 0.4) is 0 Å². The largest absolute Gasteiger partial charge is 0.353 e.